The highest BCUT2D eigenvalue weighted by Crippen LogP contribution is 2.55. The summed E-state index contributed by atoms with van der Waals surface area (Å²) in [4.78, 5) is 39.8. The number of carbonyl (C=O) groups is 3. The third-order valence-corrected chi connectivity index (χ3v) is 7.54. The molecule has 0 radical (unpaired) electrons. The number of Topliss-reactive ketones (excluding diaryl/α,β-unsaturated/α-hetero) is 2. The average molecular weight is 416 g/mol. The van der Waals surface area contributed by atoms with Gasteiger partial charge in [0.05, 0.1) is 0 Å². The maximum absolute atomic E-state index is 13.8. The van der Waals surface area contributed by atoms with Crippen molar-refractivity contribution < 1.29 is 19.5 Å². The molecule has 1 heterocycles. The molecule has 0 aromatic heterocycles. The highest BCUT2D eigenvalue weighted by Gasteiger charge is 2.65. The molecular weight excluding hydrogens is 378 g/mol. The van der Waals surface area contributed by atoms with E-state index in [1.807, 2.05) is 6.92 Å². The Kier molecular flexibility index (Phi) is 6.71. The lowest BCUT2D eigenvalue weighted by molar-refractivity contribution is -0.146. The van der Waals surface area contributed by atoms with Crippen LogP contribution in [0.15, 0.2) is 23.3 Å². The SMILES string of the molecule is CC1=CC2C=C(C)C(C)C3C(CC(C)C)NC(=O)C23C(=O)CCC(=O)CC(CO)C1. The Hall–Kier alpha value is -1.75. The van der Waals surface area contributed by atoms with Crippen LogP contribution in [0.25, 0.3) is 0 Å². The lowest BCUT2D eigenvalue weighted by Gasteiger charge is -2.45. The minimum atomic E-state index is -1.14. The number of amides is 1. The van der Waals surface area contributed by atoms with Crippen molar-refractivity contribution in [2.24, 2.45) is 35.0 Å². The molecule has 6 unspecified atom stereocenters. The molecule has 0 saturated carbocycles. The van der Waals surface area contributed by atoms with E-state index in [0.717, 1.165) is 12.0 Å². The quantitative estimate of drug-likeness (QED) is 0.545. The van der Waals surface area contributed by atoms with Crippen molar-refractivity contribution in [2.75, 3.05) is 6.61 Å². The summed E-state index contributed by atoms with van der Waals surface area (Å²) in [6, 6.07) is -0.0395. The predicted molar refractivity (Wildman–Crippen MR) is 117 cm³/mol. The largest absolute Gasteiger partial charge is 0.396 e. The van der Waals surface area contributed by atoms with Gasteiger partial charge < -0.3 is 10.4 Å². The fourth-order valence-corrected chi connectivity index (χ4v) is 6.12. The molecule has 30 heavy (non-hydrogen) atoms. The number of nitrogens with one attached hydrogen (secondary N) is 1. The summed E-state index contributed by atoms with van der Waals surface area (Å²) in [7, 11) is 0. The number of allylic oxidation sites excluding steroid dienone is 4. The summed E-state index contributed by atoms with van der Waals surface area (Å²) in [5.74, 6) is -0.298. The summed E-state index contributed by atoms with van der Waals surface area (Å²) in [6.45, 7) is 10.4. The minimum Gasteiger partial charge on any atom is -0.396 e. The highest BCUT2D eigenvalue weighted by atomic mass is 16.3. The Morgan fingerprint density at radius 2 is 1.83 bits per heavy atom. The van der Waals surface area contributed by atoms with Crippen molar-refractivity contribution in [3.63, 3.8) is 0 Å². The molecule has 0 bridgehead atoms. The molecule has 0 aromatic carbocycles. The second kappa shape index (κ2) is 8.78. The maximum atomic E-state index is 13.8. The highest BCUT2D eigenvalue weighted by molar-refractivity contribution is 6.10. The molecule has 5 heteroatoms. The van der Waals surface area contributed by atoms with Gasteiger partial charge in [0.1, 0.15) is 17.0 Å². The number of aliphatic hydroxyl groups is 1. The van der Waals surface area contributed by atoms with Crippen LogP contribution in [0.2, 0.25) is 0 Å². The first kappa shape index (κ1) is 22.9. The van der Waals surface area contributed by atoms with Crippen molar-refractivity contribution in [1.29, 1.82) is 0 Å². The van der Waals surface area contributed by atoms with Crippen LogP contribution in [0.5, 0.6) is 0 Å². The Morgan fingerprint density at radius 1 is 1.13 bits per heavy atom. The third-order valence-electron chi connectivity index (χ3n) is 7.54. The van der Waals surface area contributed by atoms with Gasteiger partial charge in [0.15, 0.2) is 0 Å². The predicted octanol–water partition coefficient (Wildman–Crippen LogP) is 3.61. The van der Waals surface area contributed by atoms with Crippen LogP contribution in [-0.2, 0) is 14.4 Å². The van der Waals surface area contributed by atoms with Gasteiger partial charge in [0.25, 0.3) is 0 Å². The zero-order valence-corrected chi connectivity index (χ0v) is 19.0. The van der Waals surface area contributed by atoms with Gasteiger partial charge in [-0.05, 0) is 44.4 Å². The molecule has 1 saturated heterocycles. The van der Waals surface area contributed by atoms with E-state index < -0.39 is 5.41 Å². The first-order valence-electron chi connectivity index (χ1n) is 11.4. The number of hydrogen-bond donors (Lipinski definition) is 2. The summed E-state index contributed by atoms with van der Waals surface area (Å²) in [6.07, 6.45) is 6.14. The van der Waals surface area contributed by atoms with Crippen molar-refractivity contribution >= 4 is 17.5 Å². The first-order valence-corrected chi connectivity index (χ1v) is 11.4. The van der Waals surface area contributed by atoms with E-state index in [4.69, 9.17) is 0 Å². The number of hydrogen-bond acceptors (Lipinski definition) is 4. The van der Waals surface area contributed by atoms with E-state index in [0.29, 0.717) is 12.3 Å². The number of ketones is 2. The fraction of sp³-hybridized carbons (Fsp3) is 0.720. The van der Waals surface area contributed by atoms with Gasteiger partial charge in [-0.1, -0.05) is 44.1 Å². The van der Waals surface area contributed by atoms with E-state index in [-0.39, 0.29) is 73.1 Å². The number of rotatable bonds is 3. The van der Waals surface area contributed by atoms with Crippen molar-refractivity contribution in [3.05, 3.63) is 23.3 Å². The fourth-order valence-electron chi connectivity index (χ4n) is 6.12. The summed E-state index contributed by atoms with van der Waals surface area (Å²) >= 11 is 0. The standard InChI is InChI=1S/C25H37NO4/c1-14(2)8-21-23-17(5)16(4)11-19-10-15(3)9-18(13-27)12-20(28)6-7-22(29)25(19,23)24(30)26-21/h10-11,14,17-19,21,23,27H,6-9,12-13H2,1-5H3,(H,26,30). The molecular formula is C25H37NO4. The van der Waals surface area contributed by atoms with Crippen LogP contribution in [-0.4, -0.2) is 35.2 Å². The lowest BCUT2D eigenvalue weighted by atomic mass is 9.54. The van der Waals surface area contributed by atoms with E-state index in [1.54, 1.807) is 0 Å². The van der Waals surface area contributed by atoms with Crippen LogP contribution >= 0.6 is 0 Å². The molecule has 1 fully saturated rings. The molecule has 0 aromatic rings. The second-order valence-corrected chi connectivity index (χ2v) is 10.3. The van der Waals surface area contributed by atoms with Crippen LogP contribution in [0.3, 0.4) is 0 Å². The Balaban J connectivity index is 2.16. The van der Waals surface area contributed by atoms with Crippen LogP contribution < -0.4 is 5.32 Å². The molecule has 1 aliphatic heterocycles. The normalized spacial score (nSPS) is 37.7. The molecule has 3 aliphatic rings. The zero-order valence-electron chi connectivity index (χ0n) is 19.0. The molecule has 6 atom stereocenters. The van der Waals surface area contributed by atoms with Gasteiger partial charge in [-0.25, -0.2) is 0 Å². The van der Waals surface area contributed by atoms with Crippen molar-refractivity contribution in [3.8, 4) is 0 Å². The monoisotopic (exact) mass is 415 g/mol. The van der Waals surface area contributed by atoms with E-state index in [9.17, 15) is 19.5 Å². The van der Waals surface area contributed by atoms with Gasteiger partial charge >= 0.3 is 0 Å². The van der Waals surface area contributed by atoms with Gasteiger partial charge in [0, 0.05) is 43.7 Å². The molecule has 166 valence electrons. The Bertz CT molecular complexity index is 780. The minimum absolute atomic E-state index is 0.00526. The van der Waals surface area contributed by atoms with Gasteiger partial charge in [-0.2, -0.15) is 0 Å². The molecule has 3 rings (SSSR count). The summed E-state index contributed by atoms with van der Waals surface area (Å²) < 4.78 is 0. The van der Waals surface area contributed by atoms with Crippen LogP contribution in [0.4, 0.5) is 0 Å². The topological polar surface area (TPSA) is 83.5 Å². The summed E-state index contributed by atoms with van der Waals surface area (Å²) in [5, 5.41) is 12.9. The number of carbonyl (C=O) groups excluding carboxylic acids is 3. The van der Waals surface area contributed by atoms with Crippen LogP contribution in [0.1, 0.15) is 66.7 Å². The molecule has 2 aliphatic carbocycles. The van der Waals surface area contributed by atoms with E-state index in [1.165, 1.54) is 5.57 Å². The second-order valence-electron chi connectivity index (χ2n) is 10.3. The third kappa shape index (κ3) is 3.93. The summed E-state index contributed by atoms with van der Waals surface area (Å²) in [5.41, 5.74) is 1.10. The average Bonchev–Trinajstić information content (AvgIpc) is 2.94. The van der Waals surface area contributed by atoms with Gasteiger partial charge in [0.2, 0.25) is 5.91 Å². The van der Waals surface area contributed by atoms with Crippen molar-refractivity contribution in [1.82, 2.24) is 5.32 Å². The van der Waals surface area contributed by atoms with Gasteiger partial charge in [-0.3, -0.25) is 14.4 Å². The Labute approximate surface area is 180 Å². The van der Waals surface area contributed by atoms with Gasteiger partial charge in [-0.15, -0.1) is 0 Å². The van der Waals surface area contributed by atoms with E-state index >= 15 is 0 Å². The van der Waals surface area contributed by atoms with E-state index in [2.05, 4.69) is 45.2 Å². The molecule has 2 N–H and O–H groups in total. The molecule has 5 nitrogen and oxygen atoms in total. The smallest absolute Gasteiger partial charge is 0.235 e. The maximum Gasteiger partial charge on any atom is 0.235 e. The number of aliphatic hydroxyl groups excluding tert-OH is 1. The zero-order chi connectivity index (χ0) is 22.2. The molecule has 1 spiro atoms. The Morgan fingerprint density at radius 3 is 2.47 bits per heavy atom. The van der Waals surface area contributed by atoms with Crippen molar-refractivity contribution in [2.45, 2.75) is 72.8 Å². The lowest BCUT2D eigenvalue weighted by Crippen LogP contribution is -2.52. The van der Waals surface area contributed by atoms with Crippen LogP contribution in [0, 0.1) is 35.0 Å². The first-order chi connectivity index (χ1) is 14.1. The molecule has 1 amide bonds.